The van der Waals surface area contributed by atoms with Crippen LogP contribution < -0.4 is 5.32 Å². The largest absolute Gasteiger partial charge is 0.350 e. The molecule has 5 heteroatoms. The number of likely N-dealkylation sites (N-methyl/N-ethyl adjacent to an activating group) is 1. The fourth-order valence-corrected chi connectivity index (χ4v) is 3.10. The Balaban J connectivity index is 1.87. The quantitative estimate of drug-likeness (QED) is 0.746. The number of nitrogens with one attached hydrogen (secondary N) is 1. The van der Waals surface area contributed by atoms with E-state index in [2.05, 4.69) is 5.32 Å². The van der Waals surface area contributed by atoms with E-state index >= 15 is 0 Å². The fourth-order valence-electron chi connectivity index (χ4n) is 3.10. The van der Waals surface area contributed by atoms with E-state index in [4.69, 9.17) is 0 Å². The SMILES string of the molecule is CN(C)[C@@H](CNC(=O)c1c(F)cccc1F)c1cccc2ccccc12. The Morgan fingerprint density at radius 3 is 2.27 bits per heavy atom. The molecule has 0 radical (unpaired) electrons. The minimum Gasteiger partial charge on any atom is -0.350 e. The molecule has 3 aromatic carbocycles. The van der Waals surface area contributed by atoms with Crippen molar-refractivity contribution in [3.8, 4) is 0 Å². The van der Waals surface area contributed by atoms with Gasteiger partial charge in [-0.3, -0.25) is 4.79 Å². The van der Waals surface area contributed by atoms with Gasteiger partial charge in [0, 0.05) is 6.54 Å². The predicted molar refractivity (Wildman–Crippen MR) is 99.1 cm³/mol. The molecule has 3 rings (SSSR count). The van der Waals surface area contributed by atoms with Crippen molar-refractivity contribution in [2.24, 2.45) is 0 Å². The first-order valence-corrected chi connectivity index (χ1v) is 8.35. The Morgan fingerprint density at radius 1 is 0.962 bits per heavy atom. The van der Waals surface area contributed by atoms with Gasteiger partial charge in [0.25, 0.3) is 5.91 Å². The first-order chi connectivity index (χ1) is 12.5. The van der Waals surface area contributed by atoms with Gasteiger partial charge >= 0.3 is 0 Å². The molecule has 0 heterocycles. The molecular formula is C21H20F2N2O. The maximum atomic E-state index is 13.8. The van der Waals surface area contributed by atoms with Crippen molar-refractivity contribution in [2.45, 2.75) is 6.04 Å². The van der Waals surface area contributed by atoms with Crippen LogP contribution in [0.5, 0.6) is 0 Å². The van der Waals surface area contributed by atoms with Crippen molar-refractivity contribution < 1.29 is 13.6 Å². The number of nitrogens with zero attached hydrogens (tertiary/aromatic N) is 1. The molecule has 0 fully saturated rings. The van der Waals surface area contributed by atoms with Crippen molar-refractivity contribution in [3.63, 3.8) is 0 Å². The molecule has 1 N–H and O–H groups in total. The lowest BCUT2D eigenvalue weighted by Crippen LogP contribution is -2.35. The number of fused-ring (bicyclic) bond motifs is 1. The van der Waals surface area contributed by atoms with Crippen LogP contribution >= 0.6 is 0 Å². The summed E-state index contributed by atoms with van der Waals surface area (Å²) >= 11 is 0. The molecule has 0 aliphatic carbocycles. The van der Waals surface area contributed by atoms with Crippen LogP contribution in [0.3, 0.4) is 0 Å². The summed E-state index contributed by atoms with van der Waals surface area (Å²) in [6.45, 7) is 0.230. The minimum absolute atomic E-state index is 0.139. The summed E-state index contributed by atoms with van der Waals surface area (Å²) in [4.78, 5) is 14.3. The third kappa shape index (κ3) is 3.58. The molecule has 0 aliphatic rings. The summed E-state index contributed by atoms with van der Waals surface area (Å²) in [6.07, 6.45) is 0. The average molecular weight is 354 g/mol. The number of benzene rings is 3. The highest BCUT2D eigenvalue weighted by molar-refractivity contribution is 5.94. The Labute approximate surface area is 151 Å². The Hall–Kier alpha value is -2.79. The minimum atomic E-state index is -0.867. The van der Waals surface area contributed by atoms with Gasteiger partial charge in [-0.05, 0) is 42.6 Å². The number of carbonyl (C=O) groups is 1. The molecule has 26 heavy (non-hydrogen) atoms. The van der Waals surface area contributed by atoms with Crippen molar-refractivity contribution in [3.05, 3.63) is 83.4 Å². The van der Waals surface area contributed by atoms with Crippen LogP contribution in [0.4, 0.5) is 8.78 Å². The molecule has 0 aliphatic heterocycles. The molecule has 3 nitrogen and oxygen atoms in total. The third-order valence-electron chi connectivity index (χ3n) is 4.45. The Bertz CT molecular complexity index is 915. The predicted octanol–water partition coefficient (Wildman–Crippen LogP) is 4.15. The molecule has 0 aromatic heterocycles. The van der Waals surface area contributed by atoms with E-state index in [0.717, 1.165) is 28.5 Å². The zero-order valence-corrected chi connectivity index (χ0v) is 14.7. The average Bonchev–Trinajstić information content (AvgIpc) is 2.61. The lowest BCUT2D eigenvalue weighted by molar-refractivity contribution is 0.0933. The summed E-state index contributed by atoms with van der Waals surface area (Å²) in [5, 5.41) is 4.85. The Kier molecular flexibility index (Phi) is 5.28. The smallest absolute Gasteiger partial charge is 0.257 e. The number of hydrogen-bond acceptors (Lipinski definition) is 2. The normalized spacial score (nSPS) is 12.3. The maximum Gasteiger partial charge on any atom is 0.257 e. The molecule has 3 aromatic rings. The lowest BCUT2D eigenvalue weighted by Gasteiger charge is -2.26. The summed E-state index contributed by atoms with van der Waals surface area (Å²) in [6, 6.07) is 17.2. The van der Waals surface area contributed by atoms with Gasteiger partial charge in [-0.25, -0.2) is 8.78 Å². The monoisotopic (exact) mass is 354 g/mol. The third-order valence-corrected chi connectivity index (χ3v) is 4.45. The molecule has 0 unspecified atom stereocenters. The first kappa shape index (κ1) is 18.0. The molecule has 0 saturated carbocycles. The zero-order valence-electron chi connectivity index (χ0n) is 14.7. The van der Waals surface area contributed by atoms with E-state index in [9.17, 15) is 13.6 Å². The number of carbonyl (C=O) groups excluding carboxylic acids is 1. The van der Waals surface area contributed by atoms with Crippen molar-refractivity contribution in [1.29, 1.82) is 0 Å². The van der Waals surface area contributed by atoms with Crippen LogP contribution in [0.1, 0.15) is 22.0 Å². The van der Waals surface area contributed by atoms with Gasteiger partial charge in [0.2, 0.25) is 0 Å². The second kappa shape index (κ2) is 7.62. The van der Waals surface area contributed by atoms with Crippen LogP contribution in [0.15, 0.2) is 60.7 Å². The number of hydrogen-bond donors (Lipinski definition) is 1. The van der Waals surface area contributed by atoms with E-state index in [0.29, 0.717) is 0 Å². The lowest BCUT2D eigenvalue weighted by atomic mass is 9.98. The second-order valence-corrected chi connectivity index (χ2v) is 6.35. The summed E-state index contributed by atoms with van der Waals surface area (Å²) in [5.74, 6) is -2.49. The molecule has 0 saturated heterocycles. The van der Waals surface area contributed by atoms with E-state index in [1.165, 1.54) is 6.07 Å². The van der Waals surface area contributed by atoms with Crippen molar-refractivity contribution in [2.75, 3.05) is 20.6 Å². The summed E-state index contributed by atoms with van der Waals surface area (Å²) in [7, 11) is 3.81. The molecule has 1 amide bonds. The number of rotatable bonds is 5. The van der Waals surface area contributed by atoms with Crippen LogP contribution in [0.25, 0.3) is 10.8 Å². The molecule has 1 atom stereocenters. The topological polar surface area (TPSA) is 32.3 Å². The van der Waals surface area contributed by atoms with Gasteiger partial charge in [0.1, 0.15) is 17.2 Å². The maximum absolute atomic E-state index is 13.8. The zero-order chi connectivity index (χ0) is 18.7. The molecular weight excluding hydrogens is 334 g/mol. The van der Waals surface area contributed by atoms with Crippen LogP contribution in [-0.4, -0.2) is 31.4 Å². The van der Waals surface area contributed by atoms with Gasteiger partial charge in [0.15, 0.2) is 0 Å². The summed E-state index contributed by atoms with van der Waals surface area (Å²) in [5.41, 5.74) is 0.491. The van der Waals surface area contributed by atoms with Gasteiger partial charge in [-0.15, -0.1) is 0 Å². The van der Waals surface area contributed by atoms with E-state index in [1.54, 1.807) is 0 Å². The van der Waals surface area contributed by atoms with Gasteiger partial charge in [-0.2, -0.15) is 0 Å². The standard InChI is InChI=1S/C21H20F2N2O/c1-25(2)19(16-10-5-8-14-7-3-4-9-15(14)16)13-24-21(26)20-17(22)11-6-12-18(20)23/h3-12,19H,13H2,1-2H3,(H,24,26)/t19-/m0/s1. The molecule has 0 spiro atoms. The highest BCUT2D eigenvalue weighted by Gasteiger charge is 2.21. The molecule has 0 bridgehead atoms. The van der Waals surface area contributed by atoms with Crippen LogP contribution in [-0.2, 0) is 0 Å². The highest BCUT2D eigenvalue weighted by Crippen LogP contribution is 2.27. The number of amides is 1. The van der Waals surface area contributed by atoms with Gasteiger partial charge in [0.05, 0.1) is 6.04 Å². The van der Waals surface area contributed by atoms with E-state index in [-0.39, 0.29) is 12.6 Å². The summed E-state index contributed by atoms with van der Waals surface area (Å²) < 4.78 is 27.6. The highest BCUT2D eigenvalue weighted by atomic mass is 19.1. The van der Waals surface area contributed by atoms with Gasteiger partial charge < -0.3 is 10.2 Å². The van der Waals surface area contributed by atoms with E-state index < -0.39 is 23.1 Å². The fraction of sp³-hybridized carbons (Fsp3) is 0.190. The van der Waals surface area contributed by atoms with Crippen LogP contribution in [0, 0.1) is 11.6 Å². The number of halogens is 2. The Morgan fingerprint density at radius 2 is 1.58 bits per heavy atom. The van der Waals surface area contributed by atoms with Crippen molar-refractivity contribution >= 4 is 16.7 Å². The molecule has 134 valence electrons. The first-order valence-electron chi connectivity index (χ1n) is 8.35. The van der Waals surface area contributed by atoms with E-state index in [1.807, 2.05) is 61.5 Å². The van der Waals surface area contributed by atoms with Crippen LogP contribution in [0.2, 0.25) is 0 Å². The second-order valence-electron chi connectivity index (χ2n) is 6.35. The van der Waals surface area contributed by atoms with Gasteiger partial charge in [-0.1, -0.05) is 48.5 Å². The van der Waals surface area contributed by atoms with Crippen molar-refractivity contribution in [1.82, 2.24) is 10.2 Å².